The van der Waals surface area contributed by atoms with E-state index in [0.29, 0.717) is 6.54 Å². The molecule has 0 amide bonds. The van der Waals surface area contributed by atoms with Crippen LogP contribution in [0.1, 0.15) is 20.8 Å². The molecule has 0 saturated heterocycles. The van der Waals surface area contributed by atoms with Crippen molar-refractivity contribution in [2.45, 2.75) is 31.5 Å². The Kier molecular flexibility index (Phi) is 30.0. The quantitative estimate of drug-likeness (QED) is 0.365. The summed E-state index contributed by atoms with van der Waals surface area (Å²) in [5.74, 6) is 0. The van der Waals surface area contributed by atoms with E-state index in [9.17, 15) is 17.5 Å². The first kappa shape index (κ1) is 29.1. The molecule has 0 aromatic heterocycles. The minimum atomic E-state index is -2.27. The topological polar surface area (TPSA) is 83.5 Å². The van der Waals surface area contributed by atoms with Crippen molar-refractivity contribution in [3.05, 3.63) is 0 Å². The van der Waals surface area contributed by atoms with E-state index in [4.69, 9.17) is 0 Å². The first-order chi connectivity index (χ1) is 5.91. The van der Waals surface area contributed by atoms with Gasteiger partial charge in [0.25, 0.3) is 0 Å². The van der Waals surface area contributed by atoms with Gasteiger partial charge in [-0.2, -0.15) is 0 Å². The van der Waals surface area contributed by atoms with Crippen LogP contribution < -0.4 is 154 Å². The molecule has 0 aliphatic rings. The summed E-state index contributed by atoms with van der Waals surface area (Å²) in [4.78, 5) is 1.38. The molecule has 0 rings (SSSR count). The molecule has 0 N–H and O–H groups in total. The third-order valence-corrected chi connectivity index (χ3v) is 3.51. The van der Waals surface area contributed by atoms with Crippen LogP contribution in [0.3, 0.4) is 0 Å². The predicted molar refractivity (Wildman–Crippen MR) is 49.1 cm³/mol. The zero-order chi connectivity index (χ0) is 10.6. The molecule has 0 aromatic carbocycles. The average Bonchev–Trinajstić information content (AvgIpc) is 2.04. The van der Waals surface area contributed by atoms with Crippen molar-refractivity contribution < 1.29 is 172 Å². The maximum Gasteiger partial charge on any atom is 1.00 e. The molecule has 0 aromatic rings. The van der Waals surface area contributed by atoms with Crippen LogP contribution in [-0.2, 0) is 22.2 Å². The second-order valence-corrected chi connectivity index (χ2v) is 4.96. The Labute approximate surface area is 230 Å². The van der Waals surface area contributed by atoms with Crippen LogP contribution in [0.4, 0.5) is 0 Å². The first-order valence-corrected chi connectivity index (χ1v) is 6.11. The molecule has 0 heterocycles. The van der Waals surface area contributed by atoms with Gasteiger partial charge in [0.15, 0.2) is 0 Å². The predicted octanol–water partition coefficient (Wildman–Crippen LogP) is -9.23. The second-order valence-electron chi connectivity index (χ2n) is 2.55. The third kappa shape index (κ3) is 11.7. The summed E-state index contributed by atoms with van der Waals surface area (Å²) in [6, 6.07) is 0. The molecule has 0 saturated carbocycles. The summed E-state index contributed by atoms with van der Waals surface area (Å²) in [6.07, 6.45) is 0. The average molecular weight is 345 g/mol. The van der Waals surface area contributed by atoms with Gasteiger partial charge < -0.3 is 9.11 Å². The van der Waals surface area contributed by atoms with Gasteiger partial charge in [0, 0.05) is 0 Å². The summed E-state index contributed by atoms with van der Waals surface area (Å²) in [7, 11) is 0. The summed E-state index contributed by atoms with van der Waals surface area (Å²) >= 11 is -4.55. The normalized spacial score (nSPS) is 17.1. The zero-order valence-electron chi connectivity index (χ0n) is 10.8. The molecule has 16 heavy (non-hydrogen) atoms. The van der Waals surface area contributed by atoms with Gasteiger partial charge in [0.05, 0.1) is 10.7 Å². The van der Waals surface area contributed by atoms with Crippen molar-refractivity contribution in [2.75, 3.05) is 6.54 Å². The number of hydrogen-bond acceptors (Lipinski definition) is 5. The van der Waals surface area contributed by atoms with E-state index >= 15 is 0 Å². The van der Waals surface area contributed by atoms with Gasteiger partial charge in [0.1, 0.15) is 0 Å². The van der Waals surface area contributed by atoms with E-state index in [1.807, 2.05) is 0 Å². The Morgan fingerprint density at radius 2 is 1.25 bits per heavy atom. The molecule has 0 bridgehead atoms. The van der Waals surface area contributed by atoms with Gasteiger partial charge in [-0.15, -0.1) is 0 Å². The second kappa shape index (κ2) is 16.5. The Bertz CT molecular complexity index is 202. The molecule has 0 spiro atoms. The maximum absolute atomic E-state index is 10.6. The molecule has 4 unspecified atom stereocenters. The summed E-state index contributed by atoms with van der Waals surface area (Å²) in [6.45, 7) is 5.00. The molecule has 0 aliphatic carbocycles. The SMILES string of the molecule is CCN(C(C)S(=O)[O-])C(C)S(=O)[O-].[K+].[K+].[K+]. The van der Waals surface area contributed by atoms with E-state index in [2.05, 4.69) is 0 Å². The number of hydrogen-bond donors (Lipinski definition) is 0. The Morgan fingerprint density at radius 1 is 1.00 bits per heavy atom. The number of nitrogens with zero attached hydrogens (tertiary/aromatic N) is 1. The molecular formula is C6H13K3NO4S2+. The van der Waals surface area contributed by atoms with Crippen LogP contribution >= 0.6 is 0 Å². The fourth-order valence-electron chi connectivity index (χ4n) is 1.03. The number of rotatable bonds is 5. The summed E-state index contributed by atoms with van der Waals surface area (Å²) in [5, 5.41) is -1.56. The molecule has 0 aliphatic heterocycles. The Morgan fingerprint density at radius 3 is 1.38 bits per heavy atom. The summed E-state index contributed by atoms with van der Waals surface area (Å²) in [5.41, 5.74) is 0. The zero-order valence-corrected chi connectivity index (χ0v) is 21.8. The van der Waals surface area contributed by atoms with Gasteiger partial charge in [-0.05, 0) is 42.6 Å². The van der Waals surface area contributed by atoms with Crippen molar-refractivity contribution in [3.63, 3.8) is 0 Å². The molecule has 4 atom stereocenters. The molecule has 5 nitrogen and oxygen atoms in total. The van der Waals surface area contributed by atoms with Crippen molar-refractivity contribution in [1.29, 1.82) is 0 Å². The van der Waals surface area contributed by atoms with Gasteiger partial charge >= 0.3 is 154 Å². The smallest absolute Gasteiger partial charge is 0.771 e. The van der Waals surface area contributed by atoms with E-state index < -0.39 is 32.9 Å². The van der Waals surface area contributed by atoms with Crippen molar-refractivity contribution in [3.8, 4) is 0 Å². The van der Waals surface area contributed by atoms with Crippen LogP contribution in [0.2, 0.25) is 0 Å². The fraction of sp³-hybridized carbons (Fsp3) is 1.00. The van der Waals surface area contributed by atoms with Crippen LogP contribution in [0.25, 0.3) is 0 Å². The molecule has 0 radical (unpaired) electrons. The molecule has 10 heteroatoms. The summed E-state index contributed by atoms with van der Waals surface area (Å²) < 4.78 is 42.3. The maximum atomic E-state index is 10.6. The standard InChI is InChI=1S/C6H15NO4S2.3K/c1-4-7(5(2)12(8)9)6(3)13(10)11;;;/h5-6H,4H2,1-3H3,(H,8,9)(H,10,11);;;/q;3*+1/p-2. The van der Waals surface area contributed by atoms with Crippen molar-refractivity contribution >= 4 is 22.2 Å². The van der Waals surface area contributed by atoms with Crippen LogP contribution in [0, 0.1) is 0 Å². The third-order valence-electron chi connectivity index (χ3n) is 1.86. The van der Waals surface area contributed by atoms with Crippen LogP contribution in [0.5, 0.6) is 0 Å². The van der Waals surface area contributed by atoms with Crippen molar-refractivity contribution in [1.82, 2.24) is 4.90 Å². The monoisotopic (exact) mass is 344 g/mol. The van der Waals surface area contributed by atoms with E-state index in [1.54, 1.807) is 6.92 Å². The molecule has 80 valence electrons. The van der Waals surface area contributed by atoms with E-state index in [1.165, 1.54) is 18.7 Å². The minimum Gasteiger partial charge on any atom is -0.771 e. The van der Waals surface area contributed by atoms with Crippen LogP contribution in [0.15, 0.2) is 0 Å². The van der Waals surface area contributed by atoms with Gasteiger partial charge in [-0.3, -0.25) is 13.3 Å². The fourth-order valence-corrected chi connectivity index (χ4v) is 2.21. The minimum absolute atomic E-state index is 0. The van der Waals surface area contributed by atoms with E-state index in [-0.39, 0.29) is 154 Å². The van der Waals surface area contributed by atoms with Gasteiger partial charge in [-0.25, -0.2) is 0 Å². The largest absolute Gasteiger partial charge is 1.00 e. The Hall–Kier alpha value is 5.09. The van der Waals surface area contributed by atoms with Gasteiger partial charge in [-0.1, -0.05) is 6.92 Å². The van der Waals surface area contributed by atoms with E-state index in [0.717, 1.165) is 0 Å². The van der Waals surface area contributed by atoms with Crippen molar-refractivity contribution in [2.24, 2.45) is 0 Å². The van der Waals surface area contributed by atoms with Gasteiger partial charge in [0.2, 0.25) is 0 Å². The first-order valence-electron chi connectivity index (χ1n) is 3.83. The Balaban J connectivity index is -0.000000240. The van der Waals surface area contributed by atoms with Crippen LogP contribution in [-0.4, -0.2) is 39.7 Å². The molecular weight excluding hydrogens is 331 g/mol. The molecule has 0 fully saturated rings.